The van der Waals surface area contributed by atoms with E-state index in [1.807, 2.05) is 0 Å². The van der Waals surface area contributed by atoms with Gasteiger partial charge in [-0.3, -0.25) is 9.59 Å². The van der Waals surface area contributed by atoms with Gasteiger partial charge in [-0.25, -0.2) is 0 Å². The van der Waals surface area contributed by atoms with Gasteiger partial charge in [-0.1, -0.05) is 6.42 Å². The monoisotopic (exact) mass is 312 g/mol. The lowest BCUT2D eigenvalue weighted by Crippen LogP contribution is -2.42. The zero-order chi connectivity index (χ0) is 15.9. The van der Waals surface area contributed by atoms with E-state index in [4.69, 9.17) is 15.2 Å². The first kappa shape index (κ1) is 17.2. The molecule has 0 spiro atoms. The van der Waals surface area contributed by atoms with E-state index >= 15 is 0 Å². The van der Waals surface area contributed by atoms with E-state index in [1.165, 1.54) is 7.11 Å². The molecule has 3 N–H and O–H groups in total. The van der Waals surface area contributed by atoms with Crippen molar-refractivity contribution in [3.63, 3.8) is 0 Å². The number of nitrogens with one attached hydrogen (secondary N) is 1. The second-order valence-corrected chi connectivity index (χ2v) is 6.36. The van der Waals surface area contributed by atoms with Crippen molar-refractivity contribution < 1.29 is 19.1 Å². The van der Waals surface area contributed by atoms with E-state index in [-0.39, 0.29) is 35.5 Å². The van der Waals surface area contributed by atoms with Gasteiger partial charge in [0.2, 0.25) is 5.91 Å². The topological polar surface area (TPSA) is 90.7 Å². The van der Waals surface area contributed by atoms with E-state index in [1.54, 1.807) is 0 Å². The lowest BCUT2D eigenvalue weighted by molar-refractivity contribution is -0.148. The predicted octanol–water partition coefficient (Wildman–Crippen LogP) is 0.693. The third-order valence-electron chi connectivity index (χ3n) is 5.13. The lowest BCUT2D eigenvalue weighted by Gasteiger charge is -2.29. The molecule has 6 heteroatoms. The zero-order valence-corrected chi connectivity index (χ0v) is 13.4. The number of carbonyl (C=O) groups is 2. The quantitative estimate of drug-likeness (QED) is 0.704. The van der Waals surface area contributed by atoms with Gasteiger partial charge >= 0.3 is 5.97 Å². The number of amides is 1. The molecule has 6 nitrogen and oxygen atoms in total. The maximum absolute atomic E-state index is 12.4. The van der Waals surface area contributed by atoms with E-state index in [0.29, 0.717) is 26.3 Å². The third kappa shape index (κ3) is 4.20. The molecule has 126 valence electrons. The minimum absolute atomic E-state index is 0.00186. The number of ether oxygens (including phenoxy) is 2. The Labute approximate surface area is 132 Å². The minimum Gasteiger partial charge on any atom is -0.469 e. The number of hydrogen-bond acceptors (Lipinski definition) is 5. The molecule has 2 rings (SSSR count). The fourth-order valence-corrected chi connectivity index (χ4v) is 3.72. The van der Waals surface area contributed by atoms with Gasteiger partial charge in [0, 0.05) is 25.7 Å². The smallest absolute Gasteiger partial charge is 0.310 e. The van der Waals surface area contributed by atoms with Gasteiger partial charge in [0.1, 0.15) is 0 Å². The van der Waals surface area contributed by atoms with Crippen molar-refractivity contribution in [2.24, 2.45) is 29.4 Å². The molecule has 0 aromatic heterocycles. The highest BCUT2D eigenvalue weighted by molar-refractivity contribution is 5.80. The first-order chi connectivity index (χ1) is 10.7. The van der Waals surface area contributed by atoms with Crippen LogP contribution in [0.2, 0.25) is 0 Å². The summed E-state index contributed by atoms with van der Waals surface area (Å²) in [5.74, 6) is 0.00603. The standard InChI is InChI=1S/C16H28N2O4/c1-21-16(20)14(11-5-7-22-8-6-11)10-18-15(19)13-4-2-3-12(13)9-17/h11-14H,2-10,17H2,1H3,(H,18,19)/t12-,13-,14?/m1/s1. The summed E-state index contributed by atoms with van der Waals surface area (Å²) in [6.07, 6.45) is 4.65. The van der Waals surface area contributed by atoms with Gasteiger partial charge in [-0.2, -0.15) is 0 Å². The summed E-state index contributed by atoms with van der Waals surface area (Å²) in [5.41, 5.74) is 5.74. The number of hydrogen-bond donors (Lipinski definition) is 2. The Bertz CT molecular complexity index is 382. The Balaban J connectivity index is 1.89. The number of rotatable bonds is 6. The van der Waals surface area contributed by atoms with Crippen LogP contribution in [-0.2, 0) is 19.1 Å². The molecule has 2 aliphatic rings. The summed E-state index contributed by atoms with van der Waals surface area (Å²) in [6.45, 7) is 2.25. The Morgan fingerprint density at radius 3 is 2.64 bits per heavy atom. The molecule has 1 saturated carbocycles. The predicted molar refractivity (Wildman–Crippen MR) is 81.9 cm³/mol. The minimum atomic E-state index is -0.282. The Morgan fingerprint density at radius 1 is 1.27 bits per heavy atom. The van der Waals surface area contributed by atoms with Gasteiger partial charge in [0.25, 0.3) is 0 Å². The summed E-state index contributed by atoms with van der Waals surface area (Å²) in [6, 6.07) is 0. The first-order valence-corrected chi connectivity index (χ1v) is 8.30. The van der Waals surface area contributed by atoms with Gasteiger partial charge < -0.3 is 20.5 Å². The van der Waals surface area contributed by atoms with Crippen molar-refractivity contribution in [2.45, 2.75) is 32.1 Å². The van der Waals surface area contributed by atoms with Gasteiger partial charge in [-0.15, -0.1) is 0 Å². The molecule has 1 saturated heterocycles. The normalized spacial score (nSPS) is 27.4. The van der Waals surface area contributed by atoms with Crippen molar-refractivity contribution in [3.05, 3.63) is 0 Å². The van der Waals surface area contributed by atoms with Crippen LogP contribution in [0, 0.1) is 23.7 Å². The number of nitrogens with two attached hydrogens (primary N) is 1. The van der Waals surface area contributed by atoms with E-state index in [2.05, 4.69) is 5.32 Å². The van der Waals surface area contributed by atoms with E-state index < -0.39 is 0 Å². The summed E-state index contributed by atoms with van der Waals surface area (Å²) in [4.78, 5) is 24.4. The van der Waals surface area contributed by atoms with Crippen LogP contribution >= 0.6 is 0 Å². The molecular weight excluding hydrogens is 284 g/mol. The van der Waals surface area contributed by atoms with Crippen LogP contribution in [0.25, 0.3) is 0 Å². The van der Waals surface area contributed by atoms with Crippen LogP contribution in [0.15, 0.2) is 0 Å². The van der Waals surface area contributed by atoms with Crippen molar-refractivity contribution in [2.75, 3.05) is 33.4 Å². The molecule has 0 bridgehead atoms. The highest BCUT2D eigenvalue weighted by Crippen LogP contribution is 2.31. The Kier molecular flexibility index (Phi) is 6.64. The molecule has 0 aromatic carbocycles. The molecule has 2 fully saturated rings. The summed E-state index contributed by atoms with van der Waals surface area (Å²) in [5, 5.41) is 2.97. The van der Waals surface area contributed by atoms with Crippen LogP contribution in [0.1, 0.15) is 32.1 Å². The molecule has 1 amide bonds. The summed E-state index contributed by atoms with van der Waals surface area (Å²) < 4.78 is 10.3. The second kappa shape index (κ2) is 8.48. The van der Waals surface area contributed by atoms with Crippen LogP contribution in [0.4, 0.5) is 0 Å². The highest BCUT2D eigenvalue weighted by Gasteiger charge is 2.34. The van der Waals surface area contributed by atoms with Crippen LogP contribution < -0.4 is 11.1 Å². The average Bonchev–Trinajstić information content (AvgIpc) is 3.04. The summed E-state index contributed by atoms with van der Waals surface area (Å²) >= 11 is 0. The molecule has 3 atom stereocenters. The largest absolute Gasteiger partial charge is 0.469 e. The number of esters is 1. The van der Waals surface area contributed by atoms with Crippen molar-refractivity contribution >= 4 is 11.9 Å². The SMILES string of the molecule is COC(=O)C(CNC(=O)[C@@H]1CCC[C@@H]1CN)C1CCOCC1. The summed E-state index contributed by atoms with van der Waals surface area (Å²) in [7, 11) is 1.40. The average molecular weight is 312 g/mol. The second-order valence-electron chi connectivity index (χ2n) is 6.36. The fraction of sp³-hybridized carbons (Fsp3) is 0.875. The lowest BCUT2D eigenvalue weighted by atomic mass is 9.85. The molecule has 0 radical (unpaired) electrons. The third-order valence-corrected chi connectivity index (χ3v) is 5.13. The number of methoxy groups -OCH3 is 1. The van der Waals surface area contributed by atoms with Crippen LogP contribution in [0.3, 0.4) is 0 Å². The van der Waals surface area contributed by atoms with Crippen molar-refractivity contribution in [1.29, 1.82) is 0 Å². The molecule has 1 unspecified atom stereocenters. The molecule has 1 aliphatic carbocycles. The van der Waals surface area contributed by atoms with Gasteiger partial charge in [0.05, 0.1) is 13.0 Å². The number of carbonyl (C=O) groups excluding carboxylic acids is 2. The molecular formula is C16H28N2O4. The zero-order valence-electron chi connectivity index (χ0n) is 13.4. The van der Waals surface area contributed by atoms with Gasteiger partial charge in [0.15, 0.2) is 0 Å². The molecule has 0 aromatic rings. The maximum atomic E-state index is 12.4. The van der Waals surface area contributed by atoms with E-state index in [0.717, 1.165) is 32.1 Å². The maximum Gasteiger partial charge on any atom is 0.310 e. The fourth-order valence-electron chi connectivity index (χ4n) is 3.72. The van der Waals surface area contributed by atoms with Crippen LogP contribution in [-0.4, -0.2) is 45.3 Å². The highest BCUT2D eigenvalue weighted by atomic mass is 16.5. The van der Waals surface area contributed by atoms with Crippen LogP contribution in [0.5, 0.6) is 0 Å². The van der Waals surface area contributed by atoms with Crippen molar-refractivity contribution in [1.82, 2.24) is 5.32 Å². The Hall–Kier alpha value is -1.14. The molecule has 1 aliphatic heterocycles. The molecule has 1 heterocycles. The Morgan fingerprint density at radius 2 is 2.00 bits per heavy atom. The first-order valence-electron chi connectivity index (χ1n) is 8.30. The van der Waals surface area contributed by atoms with Gasteiger partial charge in [-0.05, 0) is 44.1 Å². The van der Waals surface area contributed by atoms with E-state index in [9.17, 15) is 9.59 Å². The van der Waals surface area contributed by atoms with Crippen molar-refractivity contribution in [3.8, 4) is 0 Å². The molecule has 22 heavy (non-hydrogen) atoms.